The van der Waals surface area contributed by atoms with Gasteiger partial charge in [0.25, 0.3) is 0 Å². The van der Waals surface area contributed by atoms with Crippen LogP contribution in [0.1, 0.15) is 37.6 Å². The summed E-state index contributed by atoms with van der Waals surface area (Å²) < 4.78 is 7.01. The van der Waals surface area contributed by atoms with Crippen LogP contribution in [0.25, 0.3) is 0 Å². The minimum absolute atomic E-state index is 0.480. The number of unbranched alkanes of at least 4 members (excludes halogenated alkanes) is 1. The number of rotatable bonds is 8. The summed E-state index contributed by atoms with van der Waals surface area (Å²) in [7, 11) is 1.73. The summed E-state index contributed by atoms with van der Waals surface area (Å²) in [5, 5.41) is 8.26. The predicted octanol–water partition coefficient (Wildman–Crippen LogP) is 1.12. The molecule has 1 heterocycles. The maximum absolute atomic E-state index is 5.63. The van der Waals surface area contributed by atoms with Crippen molar-refractivity contribution in [1.82, 2.24) is 15.0 Å². The van der Waals surface area contributed by atoms with Crippen molar-refractivity contribution in [3.63, 3.8) is 0 Å². The zero-order chi connectivity index (χ0) is 11.8. The lowest BCUT2D eigenvalue weighted by Crippen LogP contribution is -2.08. The molecule has 0 atom stereocenters. The van der Waals surface area contributed by atoms with E-state index in [9.17, 15) is 0 Å². The van der Waals surface area contributed by atoms with Gasteiger partial charge in [0.1, 0.15) is 0 Å². The fourth-order valence-corrected chi connectivity index (χ4v) is 1.73. The minimum Gasteiger partial charge on any atom is -0.385 e. The number of aromatic nitrogens is 3. The van der Waals surface area contributed by atoms with Gasteiger partial charge in [0.05, 0.1) is 11.4 Å². The van der Waals surface area contributed by atoms with Crippen molar-refractivity contribution < 1.29 is 4.74 Å². The van der Waals surface area contributed by atoms with Gasteiger partial charge in [0.15, 0.2) is 0 Å². The van der Waals surface area contributed by atoms with Crippen molar-refractivity contribution in [1.29, 1.82) is 0 Å². The highest BCUT2D eigenvalue weighted by Gasteiger charge is 2.09. The van der Waals surface area contributed by atoms with E-state index in [1.165, 1.54) is 5.69 Å². The molecule has 1 aromatic rings. The van der Waals surface area contributed by atoms with Gasteiger partial charge in [0, 0.05) is 26.8 Å². The van der Waals surface area contributed by atoms with Crippen LogP contribution in [0.5, 0.6) is 0 Å². The predicted molar refractivity (Wildman–Crippen MR) is 63.0 cm³/mol. The van der Waals surface area contributed by atoms with Crippen LogP contribution in [-0.2, 0) is 24.2 Å². The summed E-state index contributed by atoms with van der Waals surface area (Å²) in [6, 6.07) is 0. The van der Waals surface area contributed by atoms with Crippen LogP contribution in [0.4, 0.5) is 0 Å². The summed E-state index contributed by atoms with van der Waals surface area (Å²) in [6.45, 7) is 4.35. The van der Waals surface area contributed by atoms with Crippen molar-refractivity contribution in [3.8, 4) is 0 Å². The van der Waals surface area contributed by atoms with Crippen LogP contribution < -0.4 is 5.73 Å². The average Bonchev–Trinajstić information content (AvgIpc) is 2.68. The van der Waals surface area contributed by atoms with E-state index in [0.29, 0.717) is 6.54 Å². The standard InChI is InChI=1S/C11H22N4O/c1-3-6-11-10(9-12)13-14-15(11)7-4-5-8-16-2/h3-9,12H2,1-2H3. The molecule has 0 bridgehead atoms. The molecule has 92 valence electrons. The molecule has 0 aliphatic heterocycles. The third-order valence-electron chi connectivity index (χ3n) is 2.57. The lowest BCUT2D eigenvalue weighted by atomic mass is 10.2. The molecule has 2 N–H and O–H groups in total. The smallest absolute Gasteiger partial charge is 0.0994 e. The Morgan fingerprint density at radius 1 is 1.38 bits per heavy atom. The number of nitrogens with two attached hydrogens (primary N) is 1. The van der Waals surface area contributed by atoms with E-state index in [1.54, 1.807) is 7.11 Å². The molecule has 0 saturated carbocycles. The topological polar surface area (TPSA) is 66.0 Å². The molecular weight excluding hydrogens is 204 g/mol. The Morgan fingerprint density at radius 2 is 2.19 bits per heavy atom. The normalized spacial score (nSPS) is 10.9. The molecule has 0 spiro atoms. The number of hydrogen-bond acceptors (Lipinski definition) is 4. The van der Waals surface area contributed by atoms with Crippen LogP contribution in [0, 0.1) is 0 Å². The molecule has 1 aromatic heterocycles. The molecule has 0 fully saturated rings. The number of nitrogens with zero attached hydrogens (tertiary/aromatic N) is 3. The van der Waals surface area contributed by atoms with Gasteiger partial charge in [-0.05, 0) is 19.3 Å². The highest BCUT2D eigenvalue weighted by molar-refractivity contribution is 5.09. The third kappa shape index (κ3) is 3.57. The van der Waals surface area contributed by atoms with Crippen LogP contribution in [0.2, 0.25) is 0 Å². The zero-order valence-corrected chi connectivity index (χ0v) is 10.3. The van der Waals surface area contributed by atoms with Crippen molar-refractivity contribution in [2.75, 3.05) is 13.7 Å². The van der Waals surface area contributed by atoms with Crippen molar-refractivity contribution in [2.45, 2.75) is 45.7 Å². The van der Waals surface area contributed by atoms with E-state index in [2.05, 4.69) is 17.2 Å². The van der Waals surface area contributed by atoms with Crippen molar-refractivity contribution in [2.24, 2.45) is 5.73 Å². The number of aryl methyl sites for hydroxylation is 1. The molecule has 0 aliphatic rings. The number of hydrogen-bond donors (Lipinski definition) is 1. The quantitative estimate of drug-likeness (QED) is 0.674. The maximum Gasteiger partial charge on any atom is 0.0994 e. The minimum atomic E-state index is 0.480. The van der Waals surface area contributed by atoms with E-state index in [4.69, 9.17) is 10.5 Å². The van der Waals surface area contributed by atoms with Crippen LogP contribution >= 0.6 is 0 Å². The molecule has 5 heteroatoms. The SMILES string of the molecule is CCCc1c(CN)nnn1CCCCOC. The largest absolute Gasteiger partial charge is 0.385 e. The monoisotopic (exact) mass is 226 g/mol. The molecule has 0 unspecified atom stereocenters. The molecule has 16 heavy (non-hydrogen) atoms. The summed E-state index contributed by atoms with van der Waals surface area (Å²) >= 11 is 0. The first-order valence-electron chi connectivity index (χ1n) is 5.93. The van der Waals surface area contributed by atoms with Crippen LogP contribution in [-0.4, -0.2) is 28.7 Å². The Labute approximate surface area is 97.0 Å². The Morgan fingerprint density at radius 3 is 2.81 bits per heavy atom. The van der Waals surface area contributed by atoms with Gasteiger partial charge in [-0.15, -0.1) is 5.10 Å². The van der Waals surface area contributed by atoms with Crippen LogP contribution in [0.3, 0.4) is 0 Å². The molecule has 0 saturated heterocycles. The second kappa shape index (κ2) is 7.35. The average molecular weight is 226 g/mol. The van der Waals surface area contributed by atoms with Gasteiger partial charge in [-0.25, -0.2) is 4.68 Å². The maximum atomic E-state index is 5.63. The first-order chi connectivity index (χ1) is 7.83. The van der Waals surface area contributed by atoms with E-state index >= 15 is 0 Å². The third-order valence-corrected chi connectivity index (χ3v) is 2.57. The number of ether oxygens (including phenoxy) is 1. The van der Waals surface area contributed by atoms with Gasteiger partial charge >= 0.3 is 0 Å². The Hall–Kier alpha value is -0.940. The van der Waals surface area contributed by atoms with Gasteiger partial charge in [-0.2, -0.15) is 0 Å². The van der Waals surface area contributed by atoms with E-state index < -0.39 is 0 Å². The Balaban J connectivity index is 2.53. The highest BCUT2D eigenvalue weighted by atomic mass is 16.5. The number of methoxy groups -OCH3 is 1. The van der Waals surface area contributed by atoms with Gasteiger partial charge in [-0.3, -0.25) is 0 Å². The summed E-state index contributed by atoms with van der Waals surface area (Å²) in [4.78, 5) is 0. The second-order valence-corrected chi connectivity index (χ2v) is 3.86. The molecule has 1 rings (SSSR count). The van der Waals surface area contributed by atoms with E-state index in [-0.39, 0.29) is 0 Å². The van der Waals surface area contributed by atoms with E-state index in [1.807, 2.05) is 4.68 Å². The van der Waals surface area contributed by atoms with Crippen molar-refractivity contribution in [3.05, 3.63) is 11.4 Å². The first kappa shape index (κ1) is 13.1. The Kier molecular flexibility index (Phi) is 6.03. The van der Waals surface area contributed by atoms with Gasteiger partial charge < -0.3 is 10.5 Å². The highest BCUT2D eigenvalue weighted by Crippen LogP contribution is 2.09. The molecule has 0 amide bonds. The molecule has 0 aromatic carbocycles. The first-order valence-corrected chi connectivity index (χ1v) is 5.93. The lowest BCUT2D eigenvalue weighted by molar-refractivity contribution is 0.190. The summed E-state index contributed by atoms with van der Waals surface area (Å²) in [5.74, 6) is 0. The molecule has 5 nitrogen and oxygen atoms in total. The van der Waals surface area contributed by atoms with Crippen LogP contribution in [0.15, 0.2) is 0 Å². The summed E-state index contributed by atoms with van der Waals surface area (Å²) in [6.07, 6.45) is 4.22. The summed E-state index contributed by atoms with van der Waals surface area (Å²) in [5.41, 5.74) is 7.77. The fraction of sp³-hybridized carbons (Fsp3) is 0.818. The molecule has 0 aliphatic carbocycles. The lowest BCUT2D eigenvalue weighted by Gasteiger charge is -2.06. The fourth-order valence-electron chi connectivity index (χ4n) is 1.73. The van der Waals surface area contributed by atoms with Crippen molar-refractivity contribution >= 4 is 0 Å². The Bertz CT molecular complexity index is 298. The zero-order valence-electron chi connectivity index (χ0n) is 10.3. The molecule has 0 radical (unpaired) electrons. The second-order valence-electron chi connectivity index (χ2n) is 3.86. The molecular formula is C11H22N4O. The van der Waals surface area contributed by atoms with Gasteiger partial charge in [-0.1, -0.05) is 18.6 Å². The van der Waals surface area contributed by atoms with Gasteiger partial charge in [0.2, 0.25) is 0 Å². The van der Waals surface area contributed by atoms with E-state index in [0.717, 1.165) is 44.5 Å².